The van der Waals surface area contributed by atoms with E-state index in [1.807, 2.05) is 0 Å². The molecule has 4 nitrogen and oxygen atoms in total. The van der Waals surface area contributed by atoms with Crippen LogP contribution < -0.4 is 20.4 Å². The van der Waals surface area contributed by atoms with Gasteiger partial charge in [0, 0.05) is 0 Å². The van der Waals surface area contributed by atoms with Crippen LogP contribution in [0.5, 0.6) is 0 Å². The first-order chi connectivity index (χ1) is 15.1. The standard InChI is InChI=1S/4C7H15O.Ti/c4*1-3-4-5-6-7(2)8;/h4*7H,3-6H2,1-2H3;/q4*-1;+4. The van der Waals surface area contributed by atoms with Crippen molar-refractivity contribution in [2.24, 2.45) is 0 Å². The maximum Gasteiger partial charge on any atom is 4.00 e. The molecule has 0 rings (SSSR count). The summed E-state index contributed by atoms with van der Waals surface area (Å²) in [4.78, 5) is 0. The van der Waals surface area contributed by atoms with E-state index < -0.39 is 0 Å². The number of hydrogen-bond acceptors (Lipinski definition) is 4. The summed E-state index contributed by atoms with van der Waals surface area (Å²) in [5.41, 5.74) is 0. The predicted molar refractivity (Wildman–Crippen MR) is 134 cm³/mol. The minimum Gasteiger partial charge on any atom is -0.852 e. The number of hydrogen-bond donors (Lipinski definition) is 0. The van der Waals surface area contributed by atoms with Crippen LogP contribution in [-0.2, 0) is 21.7 Å². The summed E-state index contributed by atoms with van der Waals surface area (Å²) in [5.74, 6) is 0. The first-order valence-electron chi connectivity index (χ1n) is 13.7. The van der Waals surface area contributed by atoms with Gasteiger partial charge < -0.3 is 20.4 Å². The van der Waals surface area contributed by atoms with Crippen LogP contribution in [0.1, 0.15) is 158 Å². The van der Waals surface area contributed by atoms with Gasteiger partial charge in [0.15, 0.2) is 0 Å². The molecule has 0 aromatic carbocycles. The van der Waals surface area contributed by atoms with Gasteiger partial charge in [0.05, 0.1) is 0 Å². The minimum absolute atomic E-state index is 0. The third-order valence-corrected chi connectivity index (χ3v) is 4.86. The van der Waals surface area contributed by atoms with Gasteiger partial charge in [-0.2, -0.15) is 0 Å². The molecule has 0 bridgehead atoms. The van der Waals surface area contributed by atoms with Crippen LogP contribution in [0.15, 0.2) is 0 Å². The van der Waals surface area contributed by atoms with Gasteiger partial charge in [-0.25, -0.2) is 0 Å². The van der Waals surface area contributed by atoms with Gasteiger partial charge in [0.25, 0.3) is 0 Å². The Bertz CT molecular complexity index is 229. The predicted octanol–water partition coefficient (Wildman–Crippen LogP) is 5.26. The zero-order chi connectivity index (χ0) is 25.6. The third-order valence-electron chi connectivity index (χ3n) is 4.86. The van der Waals surface area contributed by atoms with Crippen LogP contribution in [0.25, 0.3) is 0 Å². The molecular weight excluding hydrogens is 448 g/mol. The van der Waals surface area contributed by atoms with Gasteiger partial charge in [-0.05, 0) is 0 Å². The van der Waals surface area contributed by atoms with E-state index in [2.05, 4.69) is 27.7 Å². The Kier molecular flexibility index (Phi) is 52.5. The Morgan fingerprint density at radius 3 is 0.606 bits per heavy atom. The quantitative estimate of drug-likeness (QED) is 0.210. The van der Waals surface area contributed by atoms with Crippen molar-refractivity contribution >= 4 is 0 Å². The monoisotopic (exact) mass is 508 g/mol. The number of unbranched alkanes of at least 4 members (excludes halogenated alkanes) is 8. The molecule has 0 spiro atoms. The van der Waals surface area contributed by atoms with Crippen LogP contribution >= 0.6 is 0 Å². The van der Waals surface area contributed by atoms with Crippen LogP contribution in [0.3, 0.4) is 0 Å². The summed E-state index contributed by atoms with van der Waals surface area (Å²) >= 11 is 0. The van der Waals surface area contributed by atoms with Crippen molar-refractivity contribution in [3.05, 3.63) is 0 Å². The van der Waals surface area contributed by atoms with E-state index in [0.29, 0.717) is 0 Å². The van der Waals surface area contributed by atoms with Gasteiger partial charge in [0.2, 0.25) is 0 Å². The molecule has 4 atom stereocenters. The molecule has 200 valence electrons. The molecule has 0 aliphatic heterocycles. The van der Waals surface area contributed by atoms with E-state index >= 15 is 0 Å². The summed E-state index contributed by atoms with van der Waals surface area (Å²) < 4.78 is 0. The summed E-state index contributed by atoms with van der Waals surface area (Å²) in [6.07, 6.45) is 16.2. The molecule has 0 aromatic heterocycles. The topological polar surface area (TPSA) is 92.2 Å². The Labute approximate surface area is 224 Å². The maximum atomic E-state index is 10.4. The fourth-order valence-electron chi connectivity index (χ4n) is 2.73. The largest absolute Gasteiger partial charge is 4.00 e. The second-order valence-electron chi connectivity index (χ2n) is 9.23. The number of rotatable bonds is 16. The van der Waals surface area contributed by atoms with Gasteiger partial charge in [-0.3, -0.25) is 0 Å². The first-order valence-corrected chi connectivity index (χ1v) is 13.7. The van der Waals surface area contributed by atoms with E-state index in [-0.39, 0.29) is 46.1 Å². The second-order valence-corrected chi connectivity index (χ2v) is 9.23. The zero-order valence-corrected chi connectivity index (χ0v) is 25.3. The van der Waals surface area contributed by atoms with Gasteiger partial charge >= 0.3 is 21.7 Å². The molecule has 4 unspecified atom stereocenters. The molecule has 0 aliphatic carbocycles. The average molecular weight is 509 g/mol. The fourth-order valence-corrected chi connectivity index (χ4v) is 2.73. The van der Waals surface area contributed by atoms with Crippen LogP contribution in [0.2, 0.25) is 0 Å². The molecule has 0 aliphatic rings. The van der Waals surface area contributed by atoms with E-state index in [9.17, 15) is 20.4 Å². The molecule has 0 amide bonds. The van der Waals surface area contributed by atoms with E-state index in [1.54, 1.807) is 27.7 Å². The van der Waals surface area contributed by atoms with Crippen LogP contribution in [-0.4, -0.2) is 24.4 Å². The van der Waals surface area contributed by atoms with Gasteiger partial charge in [-0.15, -0.1) is 24.4 Å². The molecule has 5 heteroatoms. The normalized spacial score (nSPS) is 13.5. The van der Waals surface area contributed by atoms with Crippen molar-refractivity contribution in [1.82, 2.24) is 0 Å². The van der Waals surface area contributed by atoms with Crippen molar-refractivity contribution in [3.8, 4) is 0 Å². The van der Waals surface area contributed by atoms with E-state index in [0.717, 1.165) is 51.4 Å². The minimum atomic E-state index is -0.346. The van der Waals surface area contributed by atoms with Crippen molar-refractivity contribution in [2.45, 2.75) is 183 Å². The van der Waals surface area contributed by atoms with Crippen LogP contribution in [0, 0.1) is 0 Å². The summed E-state index contributed by atoms with van der Waals surface area (Å²) in [5, 5.41) is 41.6. The Balaban J connectivity index is -0.000000105. The first kappa shape index (κ1) is 43.6. The van der Waals surface area contributed by atoms with Gasteiger partial charge in [-0.1, -0.05) is 158 Å². The molecule has 33 heavy (non-hydrogen) atoms. The van der Waals surface area contributed by atoms with Crippen molar-refractivity contribution in [3.63, 3.8) is 0 Å². The van der Waals surface area contributed by atoms with Gasteiger partial charge in [0.1, 0.15) is 0 Å². The molecule has 0 N–H and O–H groups in total. The molecule has 0 fully saturated rings. The summed E-state index contributed by atoms with van der Waals surface area (Å²) in [6.45, 7) is 15.5. The van der Waals surface area contributed by atoms with Crippen molar-refractivity contribution in [2.75, 3.05) is 0 Å². The Hall–Kier alpha value is 0.554. The zero-order valence-electron chi connectivity index (χ0n) is 23.8. The Morgan fingerprint density at radius 2 is 0.515 bits per heavy atom. The summed E-state index contributed by atoms with van der Waals surface area (Å²) in [6, 6.07) is 0. The second kappa shape index (κ2) is 39.8. The molecule has 0 saturated heterocycles. The van der Waals surface area contributed by atoms with E-state index in [1.165, 1.54) is 51.4 Å². The molecule has 0 heterocycles. The van der Waals surface area contributed by atoms with Crippen LogP contribution in [0.4, 0.5) is 0 Å². The van der Waals surface area contributed by atoms with E-state index in [4.69, 9.17) is 0 Å². The Morgan fingerprint density at radius 1 is 0.364 bits per heavy atom. The average Bonchev–Trinajstić information content (AvgIpc) is 2.69. The van der Waals surface area contributed by atoms with Crippen molar-refractivity contribution in [1.29, 1.82) is 0 Å². The smallest absolute Gasteiger partial charge is 0.852 e. The molecular formula is C28H60O4Ti. The third kappa shape index (κ3) is 71.9. The SMILES string of the molecule is CCCCCC(C)[O-].CCCCCC(C)[O-].CCCCCC(C)[O-].CCCCCC(C)[O-].[Ti+4]. The molecule has 0 saturated carbocycles. The fraction of sp³-hybridized carbons (Fsp3) is 1.00. The summed E-state index contributed by atoms with van der Waals surface area (Å²) in [7, 11) is 0. The molecule has 0 radical (unpaired) electrons. The maximum absolute atomic E-state index is 10.4. The van der Waals surface area contributed by atoms with Crippen molar-refractivity contribution < 1.29 is 42.1 Å². The molecule has 0 aromatic rings.